The molecule has 4 atom stereocenters. The van der Waals surface area contributed by atoms with Crippen molar-refractivity contribution in [3.8, 4) is 11.8 Å². The van der Waals surface area contributed by atoms with Gasteiger partial charge >= 0.3 is 5.69 Å². The number of methoxy groups -OCH3 is 1. The summed E-state index contributed by atoms with van der Waals surface area (Å²) in [6.45, 7) is 0.991. The number of ether oxygens (including phenoxy) is 2. The molecular formula is C13H16FN3O4. The summed E-state index contributed by atoms with van der Waals surface area (Å²) in [4.78, 5) is 15.4. The van der Waals surface area contributed by atoms with Gasteiger partial charge in [-0.25, -0.2) is 9.18 Å². The highest BCUT2D eigenvalue weighted by Gasteiger charge is 2.58. The molecule has 3 N–H and O–H groups in total. The molecule has 0 amide bonds. The van der Waals surface area contributed by atoms with Gasteiger partial charge in [-0.05, 0) is 13.0 Å². The quantitative estimate of drug-likeness (QED) is 0.727. The zero-order chi connectivity index (χ0) is 15.6. The Morgan fingerprint density at radius 2 is 2.43 bits per heavy atom. The first kappa shape index (κ1) is 15.4. The van der Waals surface area contributed by atoms with Gasteiger partial charge in [-0.15, -0.1) is 5.92 Å². The number of hydrogen-bond acceptors (Lipinski definition) is 6. The van der Waals surface area contributed by atoms with Gasteiger partial charge in [0.05, 0.1) is 6.61 Å². The van der Waals surface area contributed by atoms with Crippen LogP contribution in [-0.4, -0.2) is 46.3 Å². The van der Waals surface area contributed by atoms with Gasteiger partial charge in [-0.2, -0.15) is 4.98 Å². The first-order chi connectivity index (χ1) is 9.97. The van der Waals surface area contributed by atoms with Crippen LogP contribution in [0.25, 0.3) is 0 Å². The van der Waals surface area contributed by atoms with E-state index in [0.717, 1.165) is 4.57 Å². The Balaban J connectivity index is 2.54. The van der Waals surface area contributed by atoms with E-state index in [1.165, 1.54) is 26.3 Å². The van der Waals surface area contributed by atoms with Crippen LogP contribution in [0.15, 0.2) is 17.1 Å². The van der Waals surface area contributed by atoms with E-state index >= 15 is 4.39 Å². The van der Waals surface area contributed by atoms with E-state index in [0.29, 0.717) is 0 Å². The number of rotatable bonds is 3. The van der Waals surface area contributed by atoms with E-state index in [4.69, 9.17) is 15.2 Å². The number of alkyl halides is 1. The summed E-state index contributed by atoms with van der Waals surface area (Å²) in [6.07, 6.45) is -2.19. The summed E-state index contributed by atoms with van der Waals surface area (Å²) >= 11 is 0. The normalized spacial score (nSPS) is 31.7. The molecule has 0 radical (unpaired) electrons. The minimum absolute atomic E-state index is 0.0160. The van der Waals surface area contributed by atoms with E-state index in [-0.39, 0.29) is 5.82 Å². The van der Waals surface area contributed by atoms with Crippen molar-refractivity contribution in [1.82, 2.24) is 9.55 Å². The molecular weight excluding hydrogens is 281 g/mol. The van der Waals surface area contributed by atoms with E-state index in [1.807, 2.05) is 0 Å². The molecule has 0 aromatic carbocycles. The molecule has 2 rings (SSSR count). The molecule has 0 spiro atoms. The Bertz CT molecular complexity index is 638. The third-order valence-electron chi connectivity index (χ3n) is 3.27. The highest BCUT2D eigenvalue weighted by Crippen LogP contribution is 2.42. The summed E-state index contributed by atoms with van der Waals surface area (Å²) in [5.41, 5.74) is 2.34. The third kappa shape index (κ3) is 2.51. The predicted molar refractivity (Wildman–Crippen MR) is 72.0 cm³/mol. The Morgan fingerprint density at radius 3 is 2.95 bits per heavy atom. The van der Waals surface area contributed by atoms with Gasteiger partial charge in [0.15, 0.2) is 6.23 Å². The maximum Gasteiger partial charge on any atom is 0.351 e. The number of aromatic nitrogens is 2. The average Bonchev–Trinajstić information content (AvgIpc) is 2.71. The highest BCUT2D eigenvalue weighted by molar-refractivity contribution is 5.26. The second-order valence-electron chi connectivity index (χ2n) is 4.55. The fourth-order valence-corrected chi connectivity index (χ4v) is 2.41. The van der Waals surface area contributed by atoms with Crippen LogP contribution in [0, 0.1) is 11.8 Å². The van der Waals surface area contributed by atoms with Gasteiger partial charge < -0.3 is 20.3 Å². The molecule has 1 aromatic rings. The molecule has 7 nitrogen and oxygen atoms in total. The van der Waals surface area contributed by atoms with Gasteiger partial charge in [0.2, 0.25) is 5.67 Å². The number of nitrogens with zero attached hydrogens (tertiary/aromatic N) is 2. The lowest BCUT2D eigenvalue weighted by atomic mass is 9.96. The maximum atomic E-state index is 15.3. The lowest BCUT2D eigenvalue weighted by molar-refractivity contribution is -0.0565. The van der Waals surface area contributed by atoms with Gasteiger partial charge in [-0.1, -0.05) is 5.92 Å². The Morgan fingerprint density at radius 1 is 1.71 bits per heavy atom. The van der Waals surface area contributed by atoms with Gasteiger partial charge in [0.1, 0.15) is 18.0 Å². The molecule has 21 heavy (non-hydrogen) atoms. The summed E-state index contributed by atoms with van der Waals surface area (Å²) in [6, 6.07) is 1.35. The molecule has 1 saturated heterocycles. The number of aliphatic hydroxyl groups is 1. The van der Waals surface area contributed by atoms with Crippen molar-refractivity contribution in [1.29, 1.82) is 0 Å². The fraction of sp³-hybridized carbons (Fsp3) is 0.538. The molecule has 0 bridgehead atoms. The molecule has 0 aliphatic carbocycles. The first-order valence-corrected chi connectivity index (χ1v) is 6.24. The number of aliphatic hydroxyl groups excluding tert-OH is 1. The summed E-state index contributed by atoms with van der Waals surface area (Å²) in [5, 5.41) is 9.30. The number of hydrogen-bond donors (Lipinski definition) is 2. The van der Waals surface area contributed by atoms with Crippen molar-refractivity contribution >= 4 is 5.82 Å². The van der Waals surface area contributed by atoms with E-state index in [2.05, 4.69) is 16.8 Å². The smallest absolute Gasteiger partial charge is 0.351 e. The van der Waals surface area contributed by atoms with Crippen LogP contribution < -0.4 is 11.4 Å². The molecule has 1 aliphatic rings. The summed E-state index contributed by atoms with van der Waals surface area (Å²) in [7, 11) is 1.29. The minimum Gasteiger partial charge on any atom is -0.394 e. The maximum absolute atomic E-state index is 15.3. The number of anilines is 1. The van der Waals surface area contributed by atoms with Crippen molar-refractivity contribution in [2.75, 3.05) is 19.5 Å². The van der Waals surface area contributed by atoms with Crippen LogP contribution in [0.1, 0.15) is 13.2 Å². The molecule has 1 fully saturated rings. The van der Waals surface area contributed by atoms with Gasteiger partial charge in [-0.3, -0.25) is 4.57 Å². The average molecular weight is 297 g/mol. The Hall–Kier alpha value is -1.95. The van der Waals surface area contributed by atoms with E-state index in [9.17, 15) is 9.90 Å². The molecule has 1 unspecified atom stereocenters. The van der Waals surface area contributed by atoms with Crippen LogP contribution >= 0.6 is 0 Å². The topological polar surface area (TPSA) is 99.6 Å². The van der Waals surface area contributed by atoms with Crippen molar-refractivity contribution < 1.29 is 19.0 Å². The van der Waals surface area contributed by atoms with Crippen molar-refractivity contribution in [2.45, 2.75) is 31.0 Å². The minimum atomic E-state index is -2.29. The lowest BCUT2D eigenvalue weighted by Crippen LogP contribution is -2.45. The fourth-order valence-electron chi connectivity index (χ4n) is 2.41. The number of nitrogen functional groups attached to an aromatic ring is 1. The zero-order valence-electron chi connectivity index (χ0n) is 11.6. The summed E-state index contributed by atoms with van der Waals surface area (Å²) < 4.78 is 26.7. The van der Waals surface area contributed by atoms with Gasteiger partial charge in [0.25, 0.3) is 0 Å². The Labute approximate surface area is 120 Å². The predicted octanol–water partition coefficient (Wildman–Crippen LogP) is -0.538. The van der Waals surface area contributed by atoms with Crippen LogP contribution in [0.3, 0.4) is 0 Å². The summed E-state index contributed by atoms with van der Waals surface area (Å²) in [5.74, 6) is 4.86. The highest BCUT2D eigenvalue weighted by atomic mass is 19.1. The van der Waals surface area contributed by atoms with Crippen LogP contribution in [-0.2, 0) is 9.47 Å². The van der Waals surface area contributed by atoms with Crippen LogP contribution in [0.4, 0.5) is 10.2 Å². The monoisotopic (exact) mass is 297 g/mol. The molecule has 1 aliphatic heterocycles. The first-order valence-electron chi connectivity index (χ1n) is 6.24. The molecule has 8 heteroatoms. The largest absolute Gasteiger partial charge is 0.394 e. The SMILES string of the molecule is CC#CC1(F)[C@@H](OC)[C@@H](CO)O[C@H]1n1ccc(N)nc1=O. The molecule has 114 valence electrons. The van der Waals surface area contributed by atoms with Crippen molar-refractivity contribution in [3.63, 3.8) is 0 Å². The second kappa shape index (κ2) is 5.81. The second-order valence-corrected chi connectivity index (χ2v) is 4.55. The number of halogens is 1. The number of nitrogens with two attached hydrogens (primary N) is 1. The molecule has 2 heterocycles. The third-order valence-corrected chi connectivity index (χ3v) is 3.27. The van der Waals surface area contributed by atoms with Gasteiger partial charge in [0, 0.05) is 13.3 Å². The van der Waals surface area contributed by atoms with E-state index in [1.54, 1.807) is 0 Å². The van der Waals surface area contributed by atoms with Crippen LogP contribution in [0.5, 0.6) is 0 Å². The zero-order valence-corrected chi connectivity index (χ0v) is 11.6. The van der Waals surface area contributed by atoms with E-state index < -0.39 is 36.4 Å². The molecule has 1 aromatic heterocycles. The molecule has 0 saturated carbocycles. The lowest BCUT2D eigenvalue weighted by Gasteiger charge is -2.25. The Kier molecular flexibility index (Phi) is 4.27. The van der Waals surface area contributed by atoms with Crippen molar-refractivity contribution in [3.05, 3.63) is 22.7 Å². The van der Waals surface area contributed by atoms with Crippen LogP contribution in [0.2, 0.25) is 0 Å². The van der Waals surface area contributed by atoms with Crippen molar-refractivity contribution in [2.24, 2.45) is 0 Å². The standard InChI is InChI=1S/C13H16FN3O4/c1-3-5-13(14)10(20-2)8(7-18)21-11(13)17-6-4-9(15)16-12(17)19/h4,6,8,10-11,18H,7H2,1-2H3,(H2,15,16,19)/t8-,10+,11-,13?/m1/s1.